The molecule has 0 saturated heterocycles. The first kappa shape index (κ1) is 15.1. The molecule has 1 N–H and O–H groups in total. The third-order valence-corrected chi connectivity index (χ3v) is 4.11. The highest BCUT2D eigenvalue weighted by Crippen LogP contribution is 2.19. The zero-order valence-electron chi connectivity index (χ0n) is 12.9. The Kier molecular flexibility index (Phi) is 4.77. The molecule has 0 atom stereocenters. The fraction of sp³-hybridized carbons (Fsp3) is 0.500. The second-order valence-electron chi connectivity index (χ2n) is 5.81. The van der Waals surface area contributed by atoms with E-state index in [1.807, 2.05) is 37.8 Å². The Hall–Kier alpha value is -1.82. The van der Waals surface area contributed by atoms with Crippen LogP contribution in [-0.2, 0) is 13.1 Å². The SMILES string of the molecule is Cc1ccc(CN(CCCn2ccnc2)C(=S)NC2CC2)o1. The van der Waals surface area contributed by atoms with Crippen LogP contribution in [0, 0.1) is 6.92 Å². The molecule has 6 heteroatoms. The highest BCUT2D eigenvalue weighted by molar-refractivity contribution is 7.80. The van der Waals surface area contributed by atoms with Crippen molar-refractivity contribution < 1.29 is 4.42 Å². The van der Waals surface area contributed by atoms with Gasteiger partial charge in [0, 0.05) is 31.5 Å². The molecule has 1 aliphatic rings. The molecule has 0 radical (unpaired) electrons. The topological polar surface area (TPSA) is 46.2 Å². The minimum Gasteiger partial charge on any atom is -0.464 e. The van der Waals surface area contributed by atoms with E-state index in [1.165, 1.54) is 12.8 Å². The van der Waals surface area contributed by atoms with Crippen LogP contribution in [0.25, 0.3) is 0 Å². The van der Waals surface area contributed by atoms with Gasteiger partial charge in [0.2, 0.25) is 0 Å². The maximum atomic E-state index is 5.69. The van der Waals surface area contributed by atoms with E-state index >= 15 is 0 Å². The van der Waals surface area contributed by atoms with Crippen LogP contribution in [0.5, 0.6) is 0 Å². The molecular weight excluding hydrogens is 296 g/mol. The average Bonchev–Trinajstić information content (AvgIpc) is 2.99. The van der Waals surface area contributed by atoms with Crippen molar-refractivity contribution in [2.45, 2.75) is 45.3 Å². The van der Waals surface area contributed by atoms with Gasteiger partial charge in [-0.2, -0.15) is 0 Å². The molecule has 1 fully saturated rings. The molecule has 22 heavy (non-hydrogen) atoms. The molecular formula is C16H22N4OS. The summed E-state index contributed by atoms with van der Waals surface area (Å²) in [5.41, 5.74) is 0. The second kappa shape index (κ2) is 6.96. The molecule has 0 aromatic carbocycles. The van der Waals surface area contributed by atoms with E-state index in [1.54, 1.807) is 0 Å². The number of furan rings is 1. The van der Waals surface area contributed by atoms with Gasteiger partial charge in [-0.1, -0.05) is 0 Å². The van der Waals surface area contributed by atoms with Crippen molar-refractivity contribution >= 4 is 17.3 Å². The molecule has 2 aromatic rings. The summed E-state index contributed by atoms with van der Waals surface area (Å²) < 4.78 is 7.78. The largest absolute Gasteiger partial charge is 0.464 e. The van der Waals surface area contributed by atoms with Crippen molar-refractivity contribution in [1.82, 2.24) is 19.8 Å². The van der Waals surface area contributed by atoms with Gasteiger partial charge >= 0.3 is 0 Å². The van der Waals surface area contributed by atoms with Crippen LogP contribution in [0.2, 0.25) is 0 Å². The van der Waals surface area contributed by atoms with E-state index < -0.39 is 0 Å². The molecule has 5 nitrogen and oxygen atoms in total. The van der Waals surface area contributed by atoms with Crippen molar-refractivity contribution in [3.63, 3.8) is 0 Å². The Balaban J connectivity index is 1.55. The number of rotatable bonds is 7. The summed E-state index contributed by atoms with van der Waals surface area (Å²) >= 11 is 5.57. The third kappa shape index (κ3) is 4.34. The maximum absolute atomic E-state index is 5.69. The van der Waals surface area contributed by atoms with E-state index in [-0.39, 0.29) is 0 Å². The van der Waals surface area contributed by atoms with Gasteiger partial charge in [0.15, 0.2) is 5.11 Å². The van der Waals surface area contributed by atoms with Gasteiger partial charge in [0.25, 0.3) is 0 Å². The van der Waals surface area contributed by atoms with Crippen LogP contribution in [-0.4, -0.2) is 32.2 Å². The number of hydrogen-bond acceptors (Lipinski definition) is 3. The molecule has 0 spiro atoms. The van der Waals surface area contributed by atoms with E-state index in [0.29, 0.717) is 6.04 Å². The van der Waals surface area contributed by atoms with E-state index in [2.05, 4.69) is 19.8 Å². The zero-order chi connectivity index (χ0) is 15.4. The smallest absolute Gasteiger partial charge is 0.169 e. The molecule has 0 bridgehead atoms. The molecule has 0 amide bonds. The molecule has 0 unspecified atom stereocenters. The van der Waals surface area contributed by atoms with Crippen LogP contribution in [0.15, 0.2) is 35.3 Å². The molecule has 2 aromatic heterocycles. The second-order valence-corrected chi connectivity index (χ2v) is 6.20. The summed E-state index contributed by atoms with van der Waals surface area (Å²) in [6, 6.07) is 4.59. The lowest BCUT2D eigenvalue weighted by molar-refractivity contribution is 0.340. The Morgan fingerprint density at radius 2 is 2.36 bits per heavy atom. The predicted molar refractivity (Wildman–Crippen MR) is 89.5 cm³/mol. The van der Waals surface area contributed by atoms with Gasteiger partial charge in [-0.05, 0) is 50.5 Å². The Morgan fingerprint density at radius 1 is 1.50 bits per heavy atom. The first-order valence-corrected chi connectivity index (χ1v) is 8.18. The number of thiocarbonyl (C=S) groups is 1. The van der Waals surface area contributed by atoms with Gasteiger partial charge in [0.05, 0.1) is 12.9 Å². The van der Waals surface area contributed by atoms with Crippen LogP contribution in [0.1, 0.15) is 30.8 Å². The third-order valence-electron chi connectivity index (χ3n) is 3.74. The Morgan fingerprint density at radius 3 is 3.00 bits per heavy atom. The van der Waals surface area contributed by atoms with Gasteiger partial charge in [-0.3, -0.25) is 0 Å². The van der Waals surface area contributed by atoms with Gasteiger partial charge in [-0.25, -0.2) is 4.98 Å². The van der Waals surface area contributed by atoms with E-state index in [4.69, 9.17) is 16.6 Å². The predicted octanol–water partition coefficient (Wildman–Crippen LogP) is 2.71. The number of hydrogen-bond donors (Lipinski definition) is 1. The molecule has 1 aliphatic carbocycles. The van der Waals surface area contributed by atoms with Crippen molar-refractivity contribution in [3.8, 4) is 0 Å². The van der Waals surface area contributed by atoms with Crippen LogP contribution in [0.4, 0.5) is 0 Å². The molecule has 3 rings (SSSR count). The lowest BCUT2D eigenvalue weighted by atomic mass is 10.3. The summed E-state index contributed by atoms with van der Waals surface area (Å²) in [5.74, 6) is 1.90. The normalized spacial score (nSPS) is 14.0. The highest BCUT2D eigenvalue weighted by Gasteiger charge is 2.24. The Labute approximate surface area is 136 Å². The minimum absolute atomic E-state index is 0.571. The summed E-state index contributed by atoms with van der Waals surface area (Å²) in [5, 5.41) is 4.26. The first-order valence-electron chi connectivity index (χ1n) is 7.77. The summed E-state index contributed by atoms with van der Waals surface area (Å²) in [6.07, 6.45) is 9.11. The average molecular weight is 318 g/mol. The van der Waals surface area contributed by atoms with Crippen molar-refractivity contribution in [2.24, 2.45) is 0 Å². The summed E-state index contributed by atoms with van der Waals surface area (Å²) in [4.78, 5) is 6.27. The monoisotopic (exact) mass is 318 g/mol. The van der Waals surface area contributed by atoms with Crippen LogP contribution in [0.3, 0.4) is 0 Å². The molecule has 0 aliphatic heterocycles. The van der Waals surface area contributed by atoms with Gasteiger partial charge in [0.1, 0.15) is 11.5 Å². The fourth-order valence-corrected chi connectivity index (χ4v) is 2.69. The number of nitrogens with zero attached hydrogens (tertiary/aromatic N) is 3. The minimum atomic E-state index is 0.571. The number of imidazole rings is 1. The summed E-state index contributed by atoms with van der Waals surface area (Å²) in [6.45, 7) is 4.53. The number of nitrogens with one attached hydrogen (secondary N) is 1. The van der Waals surface area contributed by atoms with E-state index in [0.717, 1.165) is 42.7 Å². The van der Waals surface area contributed by atoms with E-state index in [9.17, 15) is 0 Å². The quantitative estimate of drug-likeness (QED) is 0.795. The van der Waals surface area contributed by atoms with Crippen molar-refractivity contribution in [3.05, 3.63) is 42.4 Å². The van der Waals surface area contributed by atoms with Crippen LogP contribution < -0.4 is 5.32 Å². The fourth-order valence-electron chi connectivity index (χ4n) is 2.37. The maximum Gasteiger partial charge on any atom is 0.169 e. The Bertz CT molecular complexity index is 603. The number of aromatic nitrogens is 2. The first-order chi connectivity index (χ1) is 10.7. The molecule has 1 saturated carbocycles. The summed E-state index contributed by atoms with van der Waals surface area (Å²) in [7, 11) is 0. The van der Waals surface area contributed by atoms with Gasteiger partial charge < -0.3 is 19.2 Å². The van der Waals surface area contributed by atoms with Crippen molar-refractivity contribution in [1.29, 1.82) is 0 Å². The highest BCUT2D eigenvalue weighted by atomic mass is 32.1. The van der Waals surface area contributed by atoms with Crippen molar-refractivity contribution in [2.75, 3.05) is 6.54 Å². The van der Waals surface area contributed by atoms with Crippen LogP contribution >= 0.6 is 12.2 Å². The lowest BCUT2D eigenvalue weighted by Gasteiger charge is -2.25. The number of aryl methyl sites for hydroxylation is 2. The molecule has 118 valence electrons. The molecule has 2 heterocycles. The van der Waals surface area contributed by atoms with Gasteiger partial charge in [-0.15, -0.1) is 0 Å². The lowest BCUT2D eigenvalue weighted by Crippen LogP contribution is -2.41. The standard InChI is InChI=1S/C16H22N4OS/c1-13-3-6-15(21-13)11-20(16(22)18-14-4-5-14)9-2-8-19-10-7-17-12-19/h3,6-7,10,12,14H,2,4-5,8-9,11H2,1H3,(H,18,22). The zero-order valence-corrected chi connectivity index (χ0v) is 13.7.